The molecule has 1 N–H and O–H groups in total. The molecule has 2 rings (SSSR count). The Bertz CT molecular complexity index is 604. The minimum atomic E-state index is -1.00. The van der Waals surface area contributed by atoms with Crippen molar-refractivity contribution in [2.24, 2.45) is 0 Å². The Balaban J connectivity index is 2.06. The second-order valence-electron chi connectivity index (χ2n) is 3.69. The molecule has 0 unspecified atom stereocenters. The molecule has 2 aromatic rings. The highest BCUT2D eigenvalue weighted by Gasteiger charge is 2.07. The lowest BCUT2D eigenvalue weighted by Crippen LogP contribution is -1.96. The molecule has 0 fully saturated rings. The van der Waals surface area contributed by atoms with E-state index in [0.717, 1.165) is 5.56 Å². The van der Waals surface area contributed by atoms with Crippen molar-refractivity contribution in [1.29, 1.82) is 0 Å². The molecule has 0 bridgehead atoms. The molecule has 0 amide bonds. The average molecular weight is 342 g/mol. The van der Waals surface area contributed by atoms with Crippen molar-refractivity contribution in [2.45, 2.75) is 10.8 Å². The number of aromatic carboxylic acids is 1. The summed E-state index contributed by atoms with van der Waals surface area (Å²) < 4.78 is 13.8. The third kappa shape index (κ3) is 3.54. The van der Waals surface area contributed by atoms with E-state index in [2.05, 4.69) is 20.9 Å². The van der Waals surface area contributed by atoms with E-state index in [9.17, 15) is 9.18 Å². The fraction of sp³-hybridized carbons (Fsp3) is 0.0769. The SMILES string of the molecule is O=C(O)c1ccc(SCc2cccc(F)c2Br)nc1. The first-order valence-electron chi connectivity index (χ1n) is 5.33. The van der Waals surface area contributed by atoms with Crippen LogP contribution in [0.4, 0.5) is 4.39 Å². The molecule has 0 radical (unpaired) electrons. The molecule has 19 heavy (non-hydrogen) atoms. The van der Waals surface area contributed by atoms with Gasteiger partial charge in [0.2, 0.25) is 0 Å². The van der Waals surface area contributed by atoms with Gasteiger partial charge in [0.05, 0.1) is 15.1 Å². The minimum absolute atomic E-state index is 0.149. The quantitative estimate of drug-likeness (QED) is 0.854. The monoisotopic (exact) mass is 341 g/mol. The summed E-state index contributed by atoms with van der Waals surface area (Å²) in [5.74, 6) is -0.748. The van der Waals surface area contributed by atoms with Gasteiger partial charge >= 0.3 is 5.97 Å². The second-order valence-corrected chi connectivity index (χ2v) is 5.48. The standard InChI is InChI=1S/C13H9BrFNO2S/c14-12-9(2-1-3-10(12)15)7-19-11-5-4-8(6-16-11)13(17)18/h1-6H,7H2,(H,17,18). The third-order valence-electron chi connectivity index (χ3n) is 2.39. The zero-order valence-electron chi connectivity index (χ0n) is 9.64. The molecule has 0 aliphatic carbocycles. The number of nitrogens with zero attached hydrogens (tertiary/aromatic N) is 1. The van der Waals surface area contributed by atoms with E-state index in [1.807, 2.05) is 6.07 Å². The van der Waals surface area contributed by atoms with Crippen molar-refractivity contribution >= 4 is 33.7 Å². The van der Waals surface area contributed by atoms with E-state index < -0.39 is 5.97 Å². The minimum Gasteiger partial charge on any atom is -0.478 e. The van der Waals surface area contributed by atoms with E-state index in [0.29, 0.717) is 15.3 Å². The number of pyridine rings is 1. The van der Waals surface area contributed by atoms with Gasteiger partial charge in [-0.2, -0.15) is 0 Å². The lowest BCUT2D eigenvalue weighted by Gasteiger charge is -2.05. The fourth-order valence-corrected chi connectivity index (χ4v) is 2.83. The number of hydrogen-bond acceptors (Lipinski definition) is 3. The van der Waals surface area contributed by atoms with E-state index >= 15 is 0 Å². The maximum atomic E-state index is 13.3. The van der Waals surface area contributed by atoms with Crippen LogP contribution in [0.3, 0.4) is 0 Å². The number of carboxylic acid groups (broad SMARTS) is 1. The van der Waals surface area contributed by atoms with Crippen molar-refractivity contribution in [2.75, 3.05) is 0 Å². The van der Waals surface area contributed by atoms with E-state index in [1.54, 1.807) is 12.1 Å². The Kier molecular flexibility index (Phi) is 4.55. The molecule has 0 spiro atoms. The van der Waals surface area contributed by atoms with Crippen LogP contribution >= 0.6 is 27.7 Å². The average Bonchev–Trinajstić information content (AvgIpc) is 2.41. The van der Waals surface area contributed by atoms with Gasteiger partial charge in [-0.25, -0.2) is 14.2 Å². The van der Waals surface area contributed by atoms with Gasteiger partial charge < -0.3 is 5.11 Å². The summed E-state index contributed by atoms with van der Waals surface area (Å²) in [5, 5.41) is 9.45. The number of carboxylic acids is 1. The van der Waals surface area contributed by atoms with Crippen molar-refractivity contribution < 1.29 is 14.3 Å². The first-order valence-corrected chi connectivity index (χ1v) is 7.11. The van der Waals surface area contributed by atoms with E-state index in [-0.39, 0.29) is 11.4 Å². The molecule has 0 saturated carbocycles. The van der Waals surface area contributed by atoms with Gasteiger partial charge in [0.15, 0.2) is 0 Å². The Morgan fingerprint density at radius 3 is 2.79 bits per heavy atom. The smallest absolute Gasteiger partial charge is 0.337 e. The zero-order chi connectivity index (χ0) is 13.8. The Morgan fingerprint density at radius 2 is 2.16 bits per heavy atom. The number of carbonyl (C=O) groups is 1. The van der Waals surface area contributed by atoms with Crippen molar-refractivity contribution in [3.8, 4) is 0 Å². The predicted molar refractivity (Wildman–Crippen MR) is 74.9 cm³/mol. The van der Waals surface area contributed by atoms with Gasteiger partial charge in [-0.05, 0) is 39.7 Å². The molecule has 98 valence electrons. The molecule has 1 heterocycles. The summed E-state index contributed by atoms with van der Waals surface area (Å²) >= 11 is 4.61. The van der Waals surface area contributed by atoms with Gasteiger partial charge in [-0.3, -0.25) is 0 Å². The maximum absolute atomic E-state index is 13.3. The summed E-state index contributed by atoms with van der Waals surface area (Å²) in [5.41, 5.74) is 0.977. The molecular weight excluding hydrogens is 333 g/mol. The normalized spacial score (nSPS) is 10.4. The van der Waals surface area contributed by atoms with Crippen LogP contribution in [0.1, 0.15) is 15.9 Å². The molecule has 1 aromatic carbocycles. The van der Waals surface area contributed by atoms with Crippen molar-refractivity contribution in [1.82, 2.24) is 4.98 Å². The Morgan fingerprint density at radius 1 is 1.37 bits per heavy atom. The number of benzene rings is 1. The van der Waals surface area contributed by atoms with E-state index in [4.69, 9.17) is 5.11 Å². The van der Waals surface area contributed by atoms with Gasteiger partial charge in [0.1, 0.15) is 5.82 Å². The zero-order valence-corrected chi connectivity index (χ0v) is 12.0. The van der Waals surface area contributed by atoms with Crippen LogP contribution in [0.15, 0.2) is 46.0 Å². The largest absolute Gasteiger partial charge is 0.478 e. The number of rotatable bonds is 4. The highest BCUT2D eigenvalue weighted by atomic mass is 79.9. The van der Waals surface area contributed by atoms with Crippen LogP contribution in [0.2, 0.25) is 0 Å². The molecule has 0 aliphatic heterocycles. The van der Waals surface area contributed by atoms with Crippen LogP contribution in [0, 0.1) is 5.82 Å². The Labute approximate surface area is 122 Å². The molecule has 1 aromatic heterocycles. The lowest BCUT2D eigenvalue weighted by atomic mass is 10.2. The molecule has 0 atom stereocenters. The number of halogens is 2. The number of hydrogen-bond donors (Lipinski definition) is 1. The lowest BCUT2D eigenvalue weighted by molar-refractivity contribution is 0.0696. The van der Waals surface area contributed by atoms with E-state index in [1.165, 1.54) is 30.1 Å². The molecule has 6 heteroatoms. The predicted octanol–water partition coefficient (Wildman–Crippen LogP) is 3.97. The fourth-order valence-electron chi connectivity index (χ4n) is 1.40. The first kappa shape index (κ1) is 14.0. The van der Waals surface area contributed by atoms with Crippen molar-refractivity contribution in [3.05, 3.63) is 57.9 Å². The highest BCUT2D eigenvalue weighted by molar-refractivity contribution is 9.10. The molecular formula is C13H9BrFNO2S. The Hall–Kier alpha value is -1.40. The van der Waals surface area contributed by atoms with Gasteiger partial charge in [-0.15, -0.1) is 11.8 Å². The summed E-state index contributed by atoms with van der Waals surface area (Å²) in [6, 6.07) is 8.00. The van der Waals surface area contributed by atoms with Crippen LogP contribution in [-0.4, -0.2) is 16.1 Å². The van der Waals surface area contributed by atoms with Gasteiger partial charge in [-0.1, -0.05) is 12.1 Å². The van der Waals surface area contributed by atoms with Crippen LogP contribution in [-0.2, 0) is 5.75 Å². The summed E-state index contributed by atoms with van der Waals surface area (Å²) in [6.07, 6.45) is 1.31. The van der Waals surface area contributed by atoms with Crippen LogP contribution < -0.4 is 0 Å². The highest BCUT2D eigenvalue weighted by Crippen LogP contribution is 2.27. The van der Waals surface area contributed by atoms with Gasteiger partial charge in [0, 0.05) is 11.9 Å². The number of aromatic nitrogens is 1. The first-order chi connectivity index (χ1) is 9.08. The van der Waals surface area contributed by atoms with Crippen LogP contribution in [0.5, 0.6) is 0 Å². The maximum Gasteiger partial charge on any atom is 0.337 e. The van der Waals surface area contributed by atoms with Gasteiger partial charge in [0.25, 0.3) is 0 Å². The summed E-state index contributed by atoms with van der Waals surface area (Å²) in [6.45, 7) is 0. The molecule has 0 saturated heterocycles. The second kappa shape index (κ2) is 6.16. The number of thioether (sulfide) groups is 1. The summed E-state index contributed by atoms with van der Waals surface area (Å²) in [4.78, 5) is 14.7. The molecule has 0 aliphatic rings. The molecule has 3 nitrogen and oxygen atoms in total. The summed E-state index contributed by atoms with van der Waals surface area (Å²) in [7, 11) is 0. The van der Waals surface area contributed by atoms with Crippen LogP contribution in [0.25, 0.3) is 0 Å². The third-order valence-corrected chi connectivity index (χ3v) is 4.27. The topological polar surface area (TPSA) is 50.2 Å². The van der Waals surface area contributed by atoms with Crippen molar-refractivity contribution in [3.63, 3.8) is 0 Å².